The Balaban J connectivity index is 1.74. The van der Waals surface area contributed by atoms with Crippen LogP contribution in [0.2, 0.25) is 0 Å². The van der Waals surface area contributed by atoms with Gasteiger partial charge in [0.05, 0.1) is 12.2 Å². The molecule has 1 aliphatic carbocycles. The van der Waals surface area contributed by atoms with Crippen molar-refractivity contribution in [2.24, 2.45) is 0 Å². The van der Waals surface area contributed by atoms with E-state index in [2.05, 4.69) is 22.0 Å². The predicted molar refractivity (Wildman–Crippen MR) is 93.4 cm³/mol. The monoisotopic (exact) mass is 333 g/mol. The van der Waals surface area contributed by atoms with E-state index in [0.717, 1.165) is 19.3 Å². The van der Waals surface area contributed by atoms with E-state index in [1.54, 1.807) is 0 Å². The van der Waals surface area contributed by atoms with Crippen molar-refractivity contribution in [2.75, 3.05) is 23.7 Å². The first-order valence-electron chi connectivity index (χ1n) is 8.30. The molecule has 3 N–H and O–H groups in total. The highest BCUT2D eigenvalue weighted by Crippen LogP contribution is 2.20. The summed E-state index contributed by atoms with van der Waals surface area (Å²) in [4.78, 5) is 22.9. The van der Waals surface area contributed by atoms with Crippen molar-refractivity contribution in [3.63, 3.8) is 0 Å². The summed E-state index contributed by atoms with van der Waals surface area (Å²) in [5, 5.41) is 8.21. The van der Waals surface area contributed by atoms with Gasteiger partial charge in [0.25, 0.3) is 0 Å². The first-order valence-corrected chi connectivity index (χ1v) is 8.30. The van der Waals surface area contributed by atoms with Gasteiger partial charge in [0.2, 0.25) is 11.8 Å². The lowest BCUT2D eigenvalue weighted by Crippen LogP contribution is -2.30. The fraction of sp³-hybridized carbons (Fsp3) is 0.444. The van der Waals surface area contributed by atoms with Crippen LogP contribution < -0.4 is 16.0 Å². The highest BCUT2D eigenvalue weighted by atomic mass is 19.1. The predicted octanol–water partition coefficient (Wildman–Crippen LogP) is 3.20. The van der Waals surface area contributed by atoms with Gasteiger partial charge in [-0.05, 0) is 50.3 Å². The zero-order valence-corrected chi connectivity index (χ0v) is 14.0. The number of halogens is 1. The molecule has 2 rings (SSSR count). The van der Waals surface area contributed by atoms with Gasteiger partial charge in [0.1, 0.15) is 5.82 Å². The van der Waals surface area contributed by atoms with Crippen molar-refractivity contribution in [3.8, 4) is 0 Å². The lowest BCUT2D eigenvalue weighted by molar-refractivity contribution is -0.119. The molecule has 0 unspecified atom stereocenters. The van der Waals surface area contributed by atoms with Crippen molar-refractivity contribution in [1.29, 1.82) is 0 Å². The number of hydrogen-bond donors (Lipinski definition) is 3. The number of amides is 2. The summed E-state index contributed by atoms with van der Waals surface area (Å²) in [5.74, 6) is -0.974. The molecule has 0 atom stereocenters. The molecule has 0 fully saturated rings. The van der Waals surface area contributed by atoms with Crippen LogP contribution in [0, 0.1) is 5.82 Å². The maximum absolute atomic E-state index is 13.5. The zero-order chi connectivity index (χ0) is 17.4. The van der Waals surface area contributed by atoms with Crippen molar-refractivity contribution >= 4 is 23.2 Å². The van der Waals surface area contributed by atoms with Gasteiger partial charge in [0, 0.05) is 19.2 Å². The lowest BCUT2D eigenvalue weighted by Gasteiger charge is -2.13. The molecule has 6 heteroatoms. The summed E-state index contributed by atoms with van der Waals surface area (Å²) < 4.78 is 13.5. The third kappa shape index (κ3) is 6.02. The van der Waals surface area contributed by atoms with Crippen LogP contribution >= 0.6 is 0 Å². The molecule has 0 bridgehead atoms. The molecule has 5 nitrogen and oxygen atoms in total. The summed E-state index contributed by atoms with van der Waals surface area (Å²) in [5.41, 5.74) is 2.09. The molecule has 0 heterocycles. The minimum atomic E-state index is -0.513. The van der Waals surface area contributed by atoms with Crippen LogP contribution in [0.25, 0.3) is 0 Å². The number of anilines is 2. The number of hydrogen-bond acceptors (Lipinski definition) is 3. The molecule has 0 spiro atoms. The van der Waals surface area contributed by atoms with E-state index >= 15 is 0 Å². The van der Waals surface area contributed by atoms with Gasteiger partial charge < -0.3 is 16.0 Å². The molecule has 0 saturated carbocycles. The molecule has 2 amide bonds. The minimum Gasteiger partial charge on any atom is -0.376 e. The molecule has 130 valence electrons. The molecule has 1 aromatic carbocycles. The Morgan fingerprint density at radius 1 is 1.25 bits per heavy atom. The second kappa shape index (κ2) is 9.05. The Morgan fingerprint density at radius 2 is 2.08 bits per heavy atom. The summed E-state index contributed by atoms with van der Waals surface area (Å²) in [6.45, 7) is 2.05. The quantitative estimate of drug-likeness (QED) is 0.671. The normalized spacial score (nSPS) is 13.8. The number of allylic oxidation sites excluding steroid dienone is 1. The summed E-state index contributed by atoms with van der Waals surface area (Å²) in [7, 11) is 0. The van der Waals surface area contributed by atoms with Crippen LogP contribution in [0.4, 0.5) is 15.8 Å². The maximum atomic E-state index is 13.5. The third-order valence-electron chi connectivity index (χ3n) is 3.88. The highest BCUT2D eigenvalue weighted by molar-refractivity contribution is 5.89. The van der Waals surface area contributed by atoms with Crippen molar-refractivity contribution < 1.29 is 14.0 Å². The average molecular weight is 333 g/mol. The summed E-state index contributed by atoms with van der Waals surface area (Å²) in [6, 6.07) is 4.25. The van der Waals surface area contributed by atoms with Gasteiger partial charge in [0.15, 0.2) is 0 Å². The van der Waals surface area contributed by atoms with Crippen molar-refractivity contribution in [3.05, 3.63) is 35.7 Å². The van der Waals surface area contributed by atoms with Crippen LogP contribution in [0.5, 0.6) is 0 Å². The zero-order valence-electron chi connectivity index (χ0n) is 14.0. The maximum Gasteiger partial charge on any atom is 0.239 e. The van der Waals surface area contributed by atoms with Gasteiger partial charge in [-0.1, -0.05) is 11.6 Å². The third-order valence-corrected chi connectivity index (χ3v) is 3.88. The second-order valence-corrected chi connectivity index (χ2v) is 5.94. The largest absolute Gasteiger partial charge is 0.376 e. The van der Waals surface area contributed by atoms with E-state index in [1.807, 2.05) is 0 Å². The van der Waals surface area contributed by atoms with Crippen LogP contribution in [-0.2, 0) is 9.59 Å². The SMILES string of the molecule is CC(=O)Nc1cc(NCC(=O)NCCC2=CCCCC2)ccc1F. The van der Waals surface area contributed by atoms with E-state index in [9.17, 15) is 14.0 Å². The first kappa shape index (κ1) is 18.0. The van der Waals surface area contributed by atoms with E-state index in [4.69, 9.17) is 0 Å². The van der Waals surface area contributed by atoms with E-state index in [0.29, 0.717) is 12.2 Å². The molecular weight excluding hydrogens is 309 g/mol. The smallest absolute Gasteiger partial charge is 0.239 e. The molecule has 0 aromatic heterocycles. The van der Waals surface area contributed by atoms with Gasteiger partial charge >= 0.3 is 0 Å². The molecule has 0 aliphatic heterocycles. The van der Waals surface area contributed by atoms with E-state index in [1.165, 1.54) is 43.5 Å². The Labute approximate surface area is 141 Å². The van der Waals surface area contributed by atoms with Gasteiger partial charge in [-0.15, -0.1) is 0 Å². The Hall–Kier alpha value is -2.37. The number of rotatable bonds is 7. The van der Waals surface area contributed by atoms with Crippen LogP contribution in [0.1, 0.15) is 39.0 Å². The second-order valence-electron chi connectivity index (χ2n) is 5.94. The average Bonchev–Trinajstić information content (AvgIpc) is 2.56. The Bertz CT molecular complexity index is 629. The van der Waals surface area contributed by atoms with Gasteiger partial charge in [-0.25, -0.2) is 4.39 Å². The number of benzene rings is 1. The number of nitrogens with one attached hydrogen (secondary N) is 3. The van der Waals surface area contributed by atoms with Gasteiger partial charge in [-0.2, -0.15) is 0 Å². The first-order chi connectivity index (χ1) is 11.5. The number of carbonyl (C=O) groups excluding carboxylic acids is 2. The molecule has 1 aliphatic rings. The van der Waals surface area contributed by atoms with Crippen LogP contribution in [0.15, 0.2) is 29.8 Å². The highest BCUT2D eigenvalue weighted by Gasteiger charge is 2.07. The molecule has 1 aromatic rings. The standard InChI is InChI=1S/C18H24FN3O2/c1-13(23)22-17-11-15(7-8-16(17)19)21-12-18(24)20-10-9-14-5-3-2-4-6-14/h5,7-8,11,21H,2-4,6,9-10,12H2,1H3,(H,20,24)(H,22,23). The van der Waals surface area contributed by atoms with Crippen LogP contribution in [0.3, 0.4) is 0 Å². The van der Waals surface area contributed by atoms with Crippen LogP contribution in [-0.4, -0.2) is 24.9 Å². The summed E-state index contributed by atoms with van der Waals surface area (Å²) >= 11 is 0. The Kier molecular flexibility index (Phi) is 6.78. The fourth-order valence-electron chi connectivity index (χ4n) is 2.66. The summed E-state index contributed by atoms with van der Waals surface area (Å²) in [6.07, 6.45) is 7.95. The minimum absolute atomic E-state index is 0.0946. The van der Waals surface area contributed by atoms with Crippen molar-refractivity contribution in [2.45, 2.75) is 39.0 Å². The lowest BCUT2D eigenvalue weighted by atomic mass is 9.97. The van der Waals surface area contributed by atoms with Crippen molar-refractivity contribution in [1.82, 2.24) is 5.32 Å². The van der Waals surface area contributed by atoms with Gasteiger partial charge in [-0.3, -0.25) is 9.59 Å². The van der Waals surface area contributed by atoms with E-state index in [-0.39, 0.29) is 24.0 Å². The number of carbonyl (C=O) groups is 2. The molecule has 0 radical (unpaired) electrons. The molecular formula is C18H24FN3O2. The topological polar surface area (TPSA) is 70.2 Å². The molecule has 24 heavy (non-hydrogen) atoms. The Morgan fingerprint density at radius 3 is 2.79 bits per heavy atom. The fourth-order valence-corrected chi connectivity index (χ4v) is 2.66. The molecule has 0 saturated heterocycles. The van der Waals surface area contributed by atoms with E-state index < -0.39 is 5.82 Å².